The van der Waals surface area contributed by atoms with E-state index in [9.17, 15) is 18.0 Å². The van der Waals surface area contributed by atoms with Gasteiger partial charge in [-0.05, 0) is 49.2 Å². The van der Waals surface area contributed by atoms with E-state index in [-0.39, 0.29) is 10.5 Å². The number of nitrogens with one attached hydrogen (secondary N) is 1. The number of carbonyl (C=O) groups excluding carboxylic acids is 2. The smallest absolute Gasteiger partial charge is 0.338 e. The Morgan fingerprint density at radius 1 is 1.03 bits per heavy atom. The van der Waals surface area contributed by atoms with Gasteiger partial charge in [0, 0.05) is 23.8 Å². The monoisotopic (exact) mass is 452 g/mol. The molecule has 30 heavy (non-hydrogen) atoms. The largest absolute Gasteiger partial charge is 0.452 e. The second kappa shape index (κ2) is 10.1. The van der Waals surface area contributed by atoms with E-state index in [0.717, 1.165) is 5.56 Å². The molecule has 1 amide bonds. The number of esters is 1. The first-order valence-corrected chi connectivity index (χ1v) is 11.3. The van der Waals surface area contributed by atoms with Crippen LogP contribution in [-0.4, -0.2) is 44.3 Å². The van der Waals surface area contributed by atoms with Gasteiger partial charge in [0.25, 0.3) is 5.91 Å². The van der Waals surface area contributed by atoms with E-state index in [2.05, 4.69) is 5.32 Å². The Bertz CT molecular complexity index is 1050. The minimum atomic E-state index is -3.73. The molecule has 0 fully saturated rings. The molecular weight excluding hydrogens is 428 g/mol. The Morgan fingerprint density at radius 2 is 1.67 bits per heavy atom. The summed E-state index contributed by atoms with van der Waals surface area (Å²) in [5.41, 5.74) is 1.93. The maximum absolute atomic E-state index is 12.8. The van der Waals surface area contributed by atoms with Gasteiger partial charge in [0.1, 0.15) is 0 Å². The molecule has 0 aromatic heterocycles. The summed E-state index contributed by atoms with van der Waals surface area (Å²) in [6, 6.07) is 9.33. The zero-order valence-corrected chi connectivity index (χ0v) is 18.9. The van der Waals surface area contributed by atoms with Crippen LogP contribution in [0.5, 0.6) is 0 Å². The van der Waals surface area contributed by atoms with Crippen LogP contribution < -0.4 is 5.32 Å². The minimum absolute atomic E-state index is 0.0411. The summed E-state index contributed by atoms with van der Waals surface area (Å²) in [6.45, 7) is 7.10. The molecule has 1 N–H and O–H groups in total. The van der Waals surface area contributed by atoms with Gasteiger partial charge in [-0.2, -0.15) is 4.31 Å². The van der Waals surface area contributed by atoms with Crippen molar-refractivity contribution in [2.24, 2.45) is 0 Å². The van der Waals surface area contributed by atoms with Gasteiger partial charge >= 0.3 is 5.97 Å². The molecule has 0 aliphatic heterocycles. The number of hydrogen-bond acceptors (Lipinski definition) is 5. The number of carbonyl (C=O) groups is 2. The molecule has 0 heterocycles. The molecular formula is C21H25ClN2O5S. The van der Waals surface area contributed by atoms with E-state index >= 15 is 0 Å². The second-order valence-corrected chi connectivity index (χ2v) is 8.97. The fraction of sp³-hybridized carbons (Fsp3) is 0.333. The summed E-state index contributed by atoms with van der Waals surface area (Å²) in [7, 11) is -3.73. The first-order chi connectivity index (χ1) is 14.1. The third-order valence-corrected chi connectivity index (χ3v) is 7.14. The van der Waals surface area contributed by atoms with Crippen molar-refractivity contribution in [3.05, 3.63) is 58.1 Å². The van der Waals surface area contributed by atoms with E-state index < -0.39 is 28.5 Å². The molecule has 0 aliphatic rings. The Kier molecular flexibility index (Phi) is 8.00. The van der Waals surface area contributed by atoms with Gasteiger partial charge in [0.2, 0.25) is 10.0 Å². The Hall–Kier alpha value is -2.42. The molecule has 0 atom stereocenters. The van der Waals surface area contributed by atoms with Crippen molar-refractivity contribution < 1.29 is 22.7 Å². The van der Waals surface area contributed by atoms with Crippen LogP contribution in [0.2, 0.25) is 5.02 Å². The van der Waals surface area contributed by atoms with Gasteiger partial charge in [0.15, 0.2) is 6.61 Å². The lowest BCUT2D eigenvalue weighted by Crippen LogP contribution is -2.31. The molecule has 0 spiro atoms. The third kappa shape index (κ3) is 5.59. The van der Waals surface area contributed by atoms with Crippen LogP contribution in [0.4, 0.5) is 5.69 Å². The number of nitrogens with zero attached hydrogens (tertiary/aromatic N) is 1. The fourth-order valence-electron chi connectivity index (χ4n) is 2.79. The van der Waals surface area contributed by atoms with Crippen molar-refractivity contribution in [1.82, 2.24) is 4.31 Å². The van der Waals surface area contributed by atoms with Crippen molar-refractivity contribution in [2.45, 2.75) is 32.6 Å². The molecule has 2 rings (SSSR count). The van der Waals surface area contributed by atoms with E-state index in [1.807, 2.05) is 6.92 Å². The van der Waals surface area contributed by atoms with Crippen molar-refractivity contribution in [3.8, 4) is 0 Å². The van der Waals surface area contributed by atoms with Crippen molar-refractivity contribution in [1.29, 1.82) is 0 Å². The van der Waals surface area contributed by atoms with Crippen molar-refractivity contribution >= 4 is 39.2 Å². The van der Waals surface area contributed by atoms with Gasteiger partial charge in [-0.15, -0.1) is 0 Å². The molecule has 0 aliphatic carbocycles. The highest BCUT2D eigenvalue weighted by atomic mass is 35.5. The van der Waals surface area contributed by atoms with E-state index in [4.69, 9.17) is 16.3 Å². The van der Waals surface area contributed by atoms with Crippen LogP contribution in [0.3, 0.4) is 0 Å². The molecule has 0 unspecified atom stereocenters. The predicted octanol–water partition coefficient (Wildman–Crippen LogP) is 3.78. The molecule has 162 valence electrons. The van der Waals surface area contributed by atoms with Gasteiger partial charge in [-0.25, -0.2) is 13.2 Å². The summed E-state index contributed by atoms with van der Waals surface area (Å²) < 4.78 is 32.0. The van der Waals surface area contributed by atoms with Gasteiger partial charge in [-0.1, -0.05) is 37.6 Å². The number of hydrogen-bond donors (Lipinski definition) is 1. The number of aryl methyl sites for hydroxylation is 2. The standard InChI is InChI=1S/C21H25ClN2O5S/c1-5-24(6-2)30(27,28)19-11-16(9-7-15(19)4)21(26)29-13-20(25)23-17-10-8-14(3)18(22)12-17/h7-12H,5-6,13H2,1-4H3,(H,23,25). The third-order valence-electron chi connectivity index (χ3n) is 4.54. The summed E-state index contributed by atoms with van der Waals surface area (Å²) in [5.74, 6) is -1.32. The topological polar surface area (TPSA) is 92.8 Å². The highest BCUT2D eigenvalue weighted by molar-refractivity contribution is 7.89. The summed E-state index contributed by atoms with van der Waals surface area (Å²) in [6.07, 6.45) is 0. The molecule has 9 heteroatoms. The van der Waals surface area contributed by atoms with Crippen LogP contribution in [0, 0.1) is 13.8 Å². The Labute approximate surface area is 182 Å². The van der Waals surface area contributed by atoms with Crippen LogP contribution in [0.15, 0.2) is 41.3 Å². The first kappa shape index (κ1) is 23.9. The summed E-state index contributed by atoms with van der Waals surface area (Å²) in [5, 5.41) is 3.09. The molecule has 0 bridgehead atoms. The molecule has 0 saturated carbocycles. The van der Waals surface area contributed by atoms with Crippen LogP contribution in [-0.2, 0) is 19.6 Å². The predicted molar refractivity (Wildman–Crippen MR) is 116 cm³/mol. The van der Waals surface area contributed by atoms with Crippen molar-refractivity contribution in [3.63, 3.8) is 0 Å². The lowest BCUT2D eigenvalue weighted by Gasteiger charge is -2.20. The normalized spacial score (nSPS) is 11.4. The van der Waals surface area contributed by atoms with Crippen LogP contribution in [0.1, 0.15) is 35.3 Å². The maximum atomic E-state index is 12.8. The Morgan fingerprint density at radius 3 is 2.27 bits per heavy atom. The number of ether oxygens (including phenoxy) is 1. The molecule has 2 aromatic rings. The molecule has 2 aromatic carbocycles. The highest BCUT2D eigenvalue weighted by Crippen LogP contribution is 2.22. The minimum Gasteiger partial charge on any atom is -0.452 e. The second-order valence-electron chi connectivity index (χ2n) is 6.66. The summed E-state index contributed by atoms with van der Waals surface area (Å²) >= 11 is 6.02. The maximum Gasteiger partial charge on any atom is 0.338 e. The van der Waals surface area contributed by atoms with Crippen LogP contribution in [0.25, 0.3) is 0 Å². The van der Waals surface area contributed by atoms with E-state index in [0.29, 0.717) is 29.4 Å². The fourth-order valence-corrected chi connectivity index (χ4v) is 4.68. The number of sulfonamides is 1. The average molecular weight is 453 g/mol. The summed E-state index contributed by atoms with van der Waals surface area (Å²) in [4.78, 5) is 24.5. The number of anilines is 1. The average Bonchev–Trinajstić information content (AvgIpc) is 2.70. The molecule has 0 saturated heterocycles. The highest BCUT2D eigenvalue weighted by Gasteiger charge is 2.25. The molecule has 0 radical (unpaired) electrons. The quantitative estimate of drug-likeness (QED) is 0.615. The number of rotatable bonds is 8. The van der Waals surface area contributed by atoms with Gasteiger partial charge < -0.3 is 10.1 Å². The number of amides is 1. The van der Waals surface area contributed by atoms with E-state index in [1.54, 1.807) is 45.0 Å². The van der Waals surface area contributed by atoms with Crippen molar-refractivity contribution in [2.75, 3.05) is 25.0 Å². The lowest BCUT2D eigenvalue weighted by molar-refractivity contribution is -0.119. The molecule has 7 nitrogen and oxygen atoms in total. The van der Waals surface area contributed by atoms with Gasteiger partial charge in [0.05, 0.1) is 10.5 Å². The van der Waals surface area contributed by atoms with Crippen LogP contribution >= 0.6 is 11.6 Å². The zero-order valence-electron chi connectivity index (χ0n) is 17.4. The number of benzene rings is 2. The Balaban J connectivity index is 2.10. The van der Waals surface area contributed by atoms with Gasteiger partial charge in [-0.3, -0.25) is 4.79 Å². The van der Waals surface area contributed by atoms with E-state index in [1.165, 1.54) is 16.4 Å². The number of halogens is 1. The lowest BCUT2D eigenvalue weighted by atomic mass is 10.1. The first-order valence-electron chi connectivity index (χ1n) is 9.44. The zero-order chi connectivity index (χ0) is 22.5. The SMILES string of the molecule is CCN(CC)S(=O)(=O)c1cc(C(=O)OCC(=O)Nc2ccc(C)c(Cl)c2)ccc1C.